The maximum atomic E-state index is 11.9. The number of hydrogen-bond acceptors (Lipinski definition) is 2. The molecule has 1 rings (SSSR count). The number of aliphatic hydroxyl groups excluding tert-OH is 1. The quantitative estimate of drug-likeness (QED) is 0.767. The highest BCUT2D eigenvalue weighted by Crippen LogP contribution is 2.27. The Bertz CT molecular complexity index is 401. The molecule has 0 radical (unpaired) electrons. The standard InChI is InChI=1S/C17H27NO2/c1-14(10-12-19)13-18-16(20)9-11-17(2,3)15-7-5-4-6-8-15/h4-8,14,19H,9-13H2,1-3H3,(H,18,20). The fourth-order valence-electron chi connectivity index (χ4n) is 2.16. The molecule has 1 amide bonds. The summed E-state index contributed by atoms with van der Waals surface area (Å²) in [7, 11) is 0. The number of amides is 1. The van der Waals surface area contributed by atoms with Crippen LogP contribution in [0.15, 0.2) is 30.3 Å². The average Bonchev–Trinajstić information content (AvgIpc) is 2.44. The molecule has 2 N–H and O–H groups in total. The first-order valence-corrected chi connectivity index (χ1v) is 7.39. The predicted molar refractivity (Wildman–Crippen MR) is 82.6 cm³/mol. The molecule has 3 nitrogen and oxygen atoms in total. The van der Waals surface area contributed by atoms with E-state index in [1.807, 2.05) is 25.1 Å². The number of carbonyl (C=O) groups excluding carboxylic acids is 1. The molecule has 0 saturated heterocycles. The van der Waals surface area contributed by atoms with Crippen LogP contribution < -0.4 is 5.32 Å². The van der Waals surface area contributed by atoms with Crippen LogP contribution in [0.3, 0.4) is 0 Å². The van der Waals surface area contributed by atoms with Crippen LogP contribution in [0.25, 0.3) is 0 Å². The second-order valence-corrected chi connectivity index (χ2v) is 6.17. The largest absolute Gasteiger partial charge is 0.396 e. The van der Waals surface area contributed by atoms with Gasteiger partial charge in [0.1, 0.15) is 0 Å². The number of aliphatic hydroxyl groups is 1. The number of carbonyl (C=O) groups is 1. The van der Waals surface area contributed by atoms with E-state index in [1.165, 1.54) is 5.56 Å². The topological polar surface area (TPSA) is 49.3 Å². The van der Waals surface area contributed by atoms with E-state index in [1.54, 1.807) is 0 Å². The van der Waals surface area contributed by atoms with Crippen LogP contribution in [-0.2, 0) is 10.2 Å². The highest BCUT2D eigenvalue weighted by Gasteiger charge is 2.21. The molecule has 0 bridgehead atoms. The second kappa shape index (κ2) is 8.05. The summed E-state index contributed by atoms with van der Waals surface area (Å²) in [5.41, 5.74) is 1.27. The predicted octanol–water partition coefficient (Wildman–Crippen LogP) is 2.88. The van der Waals surface area contributed by atoms with Crippen LogP contribution in [0.1, 0.15) is 45.6 Å². The van der Waals surface area contributed by atoms with Gasteiger partial charge in [-0.1, -0.05) is 51.1 Å². The third-order valence-corrected chi connectivity index (χ3v) is 3.80. The van der Waals surface area contributed by atoms with Crippen molar-refractivity contribution in [2.45, 2.75) is 45.4 Å². The third kappa shape index (κ3) is 5.74. The molecule has 0 heterocycles. The Morgan fingerprint density at radius 3 is 2.55 bits per heavy atom. The summed E-state index contributed by atoms with van der Waals surface area (Å²) in [6.45, 7) is 7.20. The number of nitrogens with one attached hydrogen (secondary N) is 1. The van der Waals surface area contributed by atoms with E-state index < -0.39 is 0 Å². The Morgan fingerprint density at radius 2 is 1.95 bits per heavy atom. The lowest BCUT2D eigenvalue weighted by atomic mass is 9.80. The van der Waals surface area contributed by atoms with Gasteiger partial charge < -0.3 is 10.4 Å². The molecular formula is C17H27NO2. The van der Waals surface area contributed by atoms with Crippen LogP contribution >= 0.6 is 0 Å². The summed E-state index contributed by atoms with van der Waals surface area (Å²) in [4.78, 5) is 11.9. The van der Waals surface area contributed by atoms with Crippen LogP contribution in [0.2, 0.25) is 0 Å². The average molecular weight is 277 g/mol. The maximum Gasteiger partial charge on any atom is 0.220 e. The molecule has 20 heavy (non-hydrogen) atoms. The Hall–Kier alpha value is -1.35. The first-order valence-electron chi connectivity index (χ1n) is 7.39. The summed E-state index contributed by atoms with van der Waals surface area (Å²) in [5.74, 6) is 0.421. The van der Waals surface area contributed by atoms with Crippen LogP contribution in [0.4, 0.5) is 0 Å². The lowest BCUT2D eigenvalue weighted by Crippen LogP contribution is -2.30. The van der Waals surface area contributed by atoms with E-state index in [0.29, 0.717) is 18.9 Å². The van der Waals surface area contributed by atoms with E-state index in [0.717, 1.165) is 12.8 Å². The van der Waals surface area contributed by atoms with Crippen LogP contribution in [0, 0.1) is 5.92 Å². The molecule has 0 fully saturated rings. The fourth-order valence-corrected chi connectivity index (χ4v) is 2.16. The highest BCUT2D eigenvalue weighted by molar-refractivity contribution is 5.76. The summed E-state index contributed by atoms with van der Waals surface area (Å²) in [6, 6.07) is 10.3. The van der Waals surface area contributed by atoms with Crippen molar-refractivity contribution in [1.82, 2.24) is 5.32 Å². The molecule has 3 heteroatoms. The van der Waals surface area contributed by atoms with Gasteiger partial charge in [0.2, 0.25) is 5.91 Å². The molecule has 0 aliphatic carbocycles. The second-order valence-electron chi connectivity index (χ2n) is 6.17. The van der Waals surface area contributed by atoms with Crippen LogP contribution in [-0.4, -0.2) is 24.2 Å². The van der Waals surface area contributed by atoms with Crippen LogP contribution in [0.5, 0.6) is 0 Å². The Kier molecular flexibility index (Phi) is 6.73. The minimum absolute atomic E-state index is 0.00924. The first-order chi connectivity index (χ1) is 9.45. The summed E-state index contributed by atoms with van der Waals surface area (Å²) in [5, 5.41) is 11.8. The van der Waals surface area contributed by atoms with Crippen molar-refractivity contribution < 1.29 is 9.90 Å². The zero-order valence-corrected chi connectivity index (χ0v) is 12.9. The molecule has 0 aromatic heterocycles. The molecular weight excluding hydrogens is 250 g/mol. The maximum absolute atomic E-state index is 11.9. The van der Waals surface area contributed by atoms with Gasteiger partial charge in [0.05, 0.1) is 0 Å². The summed E-state index contributed by atoms with van der Waals surface area (Å²) < 4.78 is 0. The van der Waals surface area contributed by atoms with Gasteiger partial charge in [-0.05, 0) is 29.7 Å². The highest BCUT2D eigenvalue weighted by atomic mass is 16.3. The van der Waals surface area contributed by atoms with Gasteiger partial charge in [-0.15, -0.1) is 0 Å². The van der Waals surface area contributed by atoms with E-state index in [9.17, 15) is 4.79 Å². The SMILES string of the molecule is CC(CCO)CNC(=O)CCC(C)(C)c1ccccc1. The number of benzene rings is 1. The number of rotatable bonds is 8. The molecule has 0 aliphatic heterocycles. The lowest BCUT2D eigenvalue weighted by Gasteiger charge is -2.25. The molecule has 1 unspecified atom stereocenters. The molecule has 0 spiro atoms. The van der Waals surface area contributed by atoms with E-state index >= 15 is 0 Å². The van der Waals surface area contributed by atoms with Gasteiger partial charge in [-0.3, -0.25) is 4.79 Å². The van der Waals surface area contributed by atoms with Gasteiger partial charge in [-0.2, -0.15) is 0 Å². The summed E-state index contributed by atoms with van der Waals surface area (Å²) >= 11 is 0. The molecule has 1 aromatic carbocycles. The van der Waals surface area contributed by atoms with Crippen molar-refractivity contribution in [2.75, 3.05) is 13.2 Å². The van der Waals surface area contributed by atoms with E-state index in [-0.39, 0.29) is 17.9 Å². The fraction of sp³-hybridized carbons (Fsp3) is 0.588. The molecule has 0 aliphatic rings. The van der Waals surface area contributed by atoms with Crippen molar-refractivity contribution in [3.8, 4) is 0 Å². The third-order valence-electron chi connectivity index (χ3n) is 3.80. The van der Waals surface area contributed by atoms with Crippen molar-refractivity contribution in [3.05, 3.63) is 35.9 Å². The van der Waals surface area contributed by atoms with Gasteiger partial charge in [0.15, 0.2) is 0 Å². The monoisotopic (exact) mass is 277 g/mol. The van der Waals surface area contributed by atoms with E-state index in [2.05, 4.69) is 31.3 Å². The minimum Gasteiger partial charge on any atom is -0.396 e. The number of hydrogen-bond donors (Lipinski definition) is 2. The molecule has 1 aromatic rings. The Morgan fingerprint density at radius 1 is 1.30 bits per heavy atom. The minimum atomic E-state index is 0.00924. The molecule has 112 valence electrons. The first kappa shape index (κ1) is 16.7. The smallest absolute Gasteiger partial charge is 0.220 e. The van der Waals surface area contributed by atoms with Gasteiger partial charge in [0, 0.05) is 19.6 Å². The van der Waals surface area contributed by atoms with Crippen molar-refractivity contribution >= 4 is 5.91 Å². The van der Waals surface area contributed by atoms with Gasteiger partial charge >= 0.3 is 0 Å². The van der Waals surface area contributed by atoms with Crippen molar-refractivity contribution in [1.29, 1.82) is 0 Å². The zero-order valence-electron chi connectivity index (χ0n) is 12.9. The van der Waals surface area contributed by atoms with E-state index in [4.69, 9.17) is 5.11 Å². The van der Waals surface area contributed by atoms with Gasteiger partial charge in [-0.25, -0.2) is 0 Å². The zero-order chi connectivity index (χ0) is 15.0. The van der Waals surface area contributed by atoms with Crippen molar-refractivity contribution in [2.24, 2.45) is 5.92 Å². The van der Waals surface area contributed by atoms with Crippen molar-refractivity contribution in [3.63, 3.8) is 0 Å². The molecule has 0 saturated carbocycles. The normalized spacial score (nSPS) is 13.0. The Balaban J connectivity index is 2.37. The Labute approximate surface area is 122 Å². The lowest BCUT2D eigenvalue weighted by molar-refractivity contribution is -0.121. The van der Waals surface area contributed by atoms with Gasteiger partial charge in [0.25, 0.3) is 0 Å². The summed E-state index contributed by atoms with van der Waals surface area (Å²) in [6.07, 6.45) is 2.10. The molecule has 1 atom stereocenters.